The number of hydrogen-bond donors (Lipinski definition) is 1. The minimum absolute atomic E-state index is 0.517. The molecule has 0 fully saturated rings. The molecule has 1 N–H and O–H groups in total. The quantitative estimate of drug-likeness (QED) is 0.554. The van der Waals surface area contributed by atoms with E-state index >= 15 is 0 Å². The molecule has 30 heavy (non-hydrogen) atoms. The summed E-state index contributed by atoms with van der Waals surface area (Å²) < 4.78 is 8.74. The summed E-state index contributed by atoms with van der Waals surface area (Å²) in [6.45, 7) is 9.17. The zero-order valence-electron chi connectivity index (χ0n) is 17.5. The number of fused-ring (bicyclic) bond motifs is 1. The van der Waals surface area contributed by atoms with E-state index < -0.39 is 11.7 Å². The molecular weight excluding hydrogens is 382 g/mol. The largest absolute Gasteiger partial charge is 0.444 e. The molecule has 9 nitrogen and oxygen atoms in total. The fourth-order valence-electron chi connectivity index (χ4n) is 3.08. The molecule has 4 rings (SSSR count). The molecule has 3 aromatic heterocycles. The Morgan fingerprint density at radius 1 is 1.10 bits per heavy atom. The van der Waals surface area contributed by atoms with Crippen LogP contribution >= 0.6 is 0 Å². The fraction of sp³-hybridized carbons (Fsp3) is 0.286. The topological polar surface area (TPSA) is 99.2 Å². The summed E-state index contributed by atoms with van der Waals surface area (Å²) >= 11 is 0. The number of aryl methyl sites for hydroxylation is 1. The molecule has 0 radical (unpaired) electrons. The molecule has 0 aliphatic carbocycles. The molecule has 154 valence electrons. The number of amides is 1. The average molecular weight is 405 g/mol. The van der Waals surface area contributed by atoms with Gasteiger partial charge in [-0.3, -0.25) is 5.32 Å². The van der Waals surface area contributed by atoms with Crippen molar-refractivity contribution in [2.24, 2.45) is 0 Å². The Bertz CT molecular complexity index is 1220. The van der Waals surface area contributed by atoms with Crippen molar-refractivity contribution in [3.8, 4) is 16.9 Å². The third kappa shape index (κ3) is 3.86. The van der Waals surface area contributed by atoms with Gasteiger partial charge in [0.25, 0.3) is 5.78 Å². The van der Waals surface area contributed by atoms with Crippen LogP contribution in [0.2, 0.25) is 0 Å². The van der Waals surface area contributed by atoms with Gasteiger partial charge in [-0.2, -0.15) is 15.2 Å². The van der Waals surface area contributed by atoms with E-state index in [0.717, 1.165) is 16.8 Å². The first-order chi connectivity index (χ1) is 14.2. The minimum Gasteiger partial charge on any atom is -0.444 e. The summed E-state index contributed by atoms with van der Waals surface area (Å²) in [6.07, 6.45) is 2.98. The van der Waals surface area contributed by atoms with E-state index in [1.807, 2.05) is 71.1 Å². The van der Waals surface area contributed by atoms with E-state index in [-0.39, 0.29) is 0 Å². The van der Waals surface area contributed by atoms with Crippen molar-refractivity contribution in [2.45, 2.75) is 40.2 Å². The molecule has 1 amide bonds. The van der Waals surface area contributed by atoms with Crippen molar-refractivity contribution in [3.05, 3.63) is 54.1 Å². The summed E-state index contributed by atoms with van der Waals surface area (Å²) in [6, 6.07) is 9.58. The van der Waals surface area contributed by atoms with Crippen LogP contribution in [0.4, 0.5) is 10.6 Å². The average Bonchev–Trinajstić information content (AvgIpc) is 3.20. The van der Waals surface area contributed by atoms with Crippen LogP contribution in [0.3, 0.4) is 0 Å². The third-order valence-corrected chi connectivity index (χ3v) is 4.32. The maximum absolute atomic E-state index is 12.5. The number of rotatable bonds is 3. The van der Waals surface area contributed by atoms with Crippen molar-refractivity contribution in [1.29, 1.82) is 0 Å². The van der Waals surface area contributed by atoms with Gasteiger partial charge in [-0.15, -0.1) is 0 Å². The van der Waals surface area contributed by atoms with Gasteiger partial charge in [0.15, 0.2) is 0 Å². The molecule has 0 aliphatic rings. The van der Waals surface area contributed by atoms with Crippen LogP contribution in [0.15, 0.2) is 42.7 Å². The first-order valence-corrected chi connectivity index (χ1v) is 9.56. The fourth-order valence-corrected chi connectivity index (χ4v) is 3.08. The number of para-hydroxylation sites is 1. The van der Waals surface area contributed by atoms with Crippen LogP contribution in [-0.4, -0.2) is 41.1 Å². The lowest BCUT2D eigenvalue weighted by Crippen LogP contribution is -2.28. The lowest BCUT2D eigenvalue weighted by Gasteiger charge is -2.20. The van der Waals surface area contributed by atoms with E-state index in [9.17, 15) is 4.79 Å². The van der Waals surface area contributed by atoms with Gasteiger partial charge < -0.3 is 4.74 Å². The second-order valence-electron chi connectivity index (χ2n) is 7.94. The van der Waals surface area contributed by atoms with Crippen molar-refractivity contribution < 1.29 is 9.53 Å². The number of hydrogen-bond acceptors (Lipinski definition) is 6. The van der Waals surface area contributed by atoms with E-state index in [2.05, 4.69) is 20.4 Å². The van der Waals surface area contributed by atoms with Gasteiger partial charge >= 0.3 is 6.09 Å². The second kappa shape index (κ2) is 7.25. The highest BCUT2D eigenvalue weighted by Gasteiger charge is 2.23. The Hall–Kier alpha value is -3.75. The number of benzene rings is 1. The summed E-state index contributed by atoms with van der Waals surface area (Å²) in [5, 5.41) is 11.9. The molecule has 1 aromatic carbocycles. The SMILES string of the molecule is Cc1nc2ncc(-c3nn(-c4ccccc4)c(NC(=O)OC(C)(C)C)c3C)cn2n1. The summed E-state index contributed by atoms with van der Waals surface area (Å²) in [5.74, 6) is 1.68. The van der Waals surface area contributed by atoms with Gasteiger partial charge in [0.2, 0.25) is 0 Å². The summed E-state index contributed by atoms with van der Waals surface area (Å²) in [4.78, 5) is 21.1. The van der Waals surface area contributed by atoms with Crippen molar-refractivity contribution in [1.82, 2.24) is 29.4 Å². The predicted octanol–water partition coefficient (Wildman–Crippen LogP) is 3.94. The van der Waals surface area contributed by atoms with Crippen molar-refractivity contribution in [3.63, 3.8) is 0 Å². The minimum atomic E-state index is -0.613. The van der Waals surface area contributed by atoms with Crippen LogP contribution in [0.1, 0.15) is 32.2 Å². The number of carbonyl (C=O) groups excluding carboxylic acids is 1. The number of nitrogens with one attached hydrogen (secondary N) is 1. The van der Waals surface area contributed by atoms with Crippen molar-refractivity contribution in [2.75, 3.05) is 5.32 Å². The van der Waals surface area contributed by atoms with Gasteiger partial charge in [0.05, 0.1) is 5.69 Å². The van der Waals surface area contributed by atoms with Gasteiger partial charge in [-0.25, -0.2) is 19.0 Å². The molecule has 0 aliphatic heterocycles. The van der Waals surface area contributed by atoms with E-state index in [0.29, 0.717) is 23.1 Å². The first-order valence-electron chi connectivity index (χ1n) is 9.56. The molecule has 3 heterocycles. The molecule has 4 aromatic rings. The van der Waals surface area contributed by atoms with Crippen LogP contribution in [0, 0.1) is 13.8 Å². The molecule has 0 spiro atoms. The number of carbonyl (C=O) groups is 1. The molecular formula is C21H23N7O2. The second-order valence-corrected chi connectivity index (χ2v) is 7.94. The standard InChI is InChI=1S/C21H23N7O2/c1-13-17(15-11-22-19-23-14(2)25-27(19)12-15)26-28(16-9-7-6-8-10-16)18(13)24-20(29)30-21(3,4)5/h6-12H,1-5H3,(H,24,29). The molecule has 0 bridgehead atoms. The van der Waals surface area contributed by atoms with Crippen LogP contribution in [0.5, 0.6) is 0 Å². The lowest BCUT2D eigenvalue weighted by molar-refractivity contribution is 0.0634. The normalized spacial score (nSPS) is 11.6. The van der Waals surface area contributed by atoms with Crippen LogP contribution < -0.4 is 5.32 Å². The molecule has 9 heteroatoms. The highest BCUT2D eigenvalue weighted by Crippen LogP contribution is 2.30. The van der Waals surface area contributed by atoms with Crippen LogP contribution in [-0.2, 0) is 4.74 Å². The highest BCUT2D eigenvalue weighted by molar-refractivity contribution is 5.87. The lowest BCUT2D eigenvalue weighted by atomic mass is 10.1. The van der Waals surface area contributed by atoms with Gasteiger partial charge in [-0.05, 0) is 46.8 Å². The molecule has 0 unspecified atom stereocenters. The number of ether oxygens (including phenoxy) is 1. The Morgan fingerprint density at radius 2 is 1.83 bits per heavy atom. The summed E-state index contributed by atoms with van der Waals surface area (Å²) in [5.41, 5.74) is 2.41. The smallest absolute Gasteiger partial charge is 0.413 e. The Kier molecular flexibility index (Phi) is 4.73. The monoisotopic (exact) mass is 405 g/mol. The van der Waals surface area contributed by atoms with Crippen LogP contribution in [0.25, 0.3) is 22.7 Å². The maximum Gasteiger partial charge on any atom is 0.413 e. The Balaban J connectivity index is 1.81. The third-order valence-electron chi connectivity index (χ3n) is 4.32. The number of nitrogens with zero attached hydrogens (tertiary/aromatic N) is 6. The summed E-state index contributed by atoms with van der Waals surface area (Å²) in [7, 11) is 0. The molecule has 0 saturated heterocycles. The number of aromatic nitrogens is 6. The predicted molar refractivity (Wildman–Crippen MR) is 113 cm³/mol. The van der Waals surface area contributed by atoms with E-state index in [1.165, 1.54) is 0 Å². The molecule has 0 atom stereocenters. The Labute approximate surface area is 173 Å². The maximum atomic E-state index is 12.5. The zero-order chi connectivity index (χ0) is 21.5. The first kappa shape index (κ1) is 19.6. The van der Waals surface area contributed by atoms with E-state index in [4.69, 9.17) is 9.84 Å². The number of anilines is 1. The van der Waals surface area contributed by atoms with E-state index in [1.54, 1.807) is 15.4 Å². The van der Waals surface area contributed by atoms with Gasteiger partial charge in [-0.1, -0.05) is 18.2 Å². The highest BCUT2D eigenvalue weighted by atomic mass is 16.6. The molecule has 0 saturated carbocycles. The van der Waals surface area contributed by atoms with Crippen molar-refractivity contribution >= 4 is 17.7 Å². The zero-order valence-corrected chi connectivity index (χ0v) is 17.5. The Morgan fingerprint density at radius 3 is 2.53 bits per heavy atom. The van der Waals surface area contributed by atoms with Gasteiger partial charge in [0, 0.05) is 23.5 Å². The van der Waals surface area contributed by atoms with Gasteiger partial charge in [0.1, 0.15) is 22.9 Å².